The maximum absolute atomic E-state index is 15.7. The number of halogens is 5. The van der Waals surface area contributed by atoms with Crippen LogP contribution >= 0.6 is 11.6 Å². The molecule has 0 saturated heterocycles. The van der Waals surface area contributed by atoms with E-state index in [0.717, 1.165) is 49.4 Å². The van der Waals surface area contributed by atoms with Crippen LogP contribution in [-0.4, -0.2) is 25.1 Å². The van der Waals surface area contributed by atoms with E-state index in [9.17, 15) is 13.6 Å². The van der Waals surface area contributed by atoms with Gasteiger partial charge in [-0.1, -0.05) is 61.2 Å². The van der Waals surface area contributed by atoms with E-state index in [2.05, 4.69) is 10.1 Å². The number of nitrogens with one attached hydrogen (secondary N) is 1. The Morgan fingerprint density at radius 1 is 1.10 bits per heavy atom. The molecule has 1 amide bonds. The number of alkyl halides is 2. The van der Waals surface area contributed by atoms with Crippen LogP contribution < -0.4 is 20.5 Å². The third kappa shape index (κ3) is 5.30. The van der Waals surface area contributed by atoms with E-state index >= 15 is 8.78 Å². The topological polar surface area (TPSA) is 73.6 Å². The minimum absolute atomic E-state index is 0.108. The second-order valence-electron chi connectivity index (χ2n) is 9.92. The molecule has 39 heavy (non-hydrogen) atoms. The van der Waals surface area contributed by atoms with Gasteiger partial charge in [-0.25, -0.2) is 8.78 Å². The first kappa shape index (κ1) is 27.3. The Labute approximate surface area is 228 Å². The van der Waals surface area contributed by atoms with E-state index < -0.39 is 46.1 Å². The summed E-state index contributed by atoms with van der Waals surface area (Å²) >= 11 is 6.40. The van der Waals surface area contributed by atoms with Gasteiger partial charge in [0.2, 0.25) is 5.91 Å². The van der Waals surface area contributed by atoms with E-state index in [0.29, 0.717) is 12.1 Å². The van der Waals surface area contributed by atoms with Gasteiger partial charge in [-0.05, 0) is 30.5 Å². The summed E-state index contributed by atoms with van der Waals surface area (Å²) in [6.45, 7) is -2.96. The summed E-state index contributed by atoms with van der Waals surface area (Å²) in [5.74, 6) is -4.00. The lowest BCUT2D eigenvalue weighted by molar-refractivity contribution is -0.0521. The van der Waals surface area contributed by atoms with E-state index in [-0.39, 0.29) is 29.3 Å². The van der Waals surface area contributed by atoms with Crippen molar-refractivity contribution in [2.45, 2.75) is 56.8 Å². The fourth-order valence-corrected chi connectivity index (χ4v) is 5.88. The number of nitrogens with two attached hydrogens (primary N) is 1. The number of ether oxygens (including phenoxy) is 2. The fourth-order valence-electron chi connectivity index (χ4n) is 5.61. The zero-order valence-electron chi connectivity index (χ0n) is 20.9. The number of hydrogen-bond donors (Lipinski definition) is 2. The highest BCUT2D eigenvalue weighted by Crippen LogP contribution is 2.50. The van der Waals surface area contributed by atoms with Gasteiger partial charge < -0.3 is 20.5 Å². The van der Waals surface area contributed by atoms with Gasteiger partial charge in [0.05, 0.1) is 10.6 Å². The molecule has 3 aromatic rings. The molecule has 1 aliphatic carbocycles. The first-order valence-electron chi connectivity index (χ1n) is 12.8. The molecule has 5 nitrogen and oxygen atoms in total. The molecule has 0 spiro atoms. The third-order valence-corrected chi connectivity index (χ3v) is 7.84. The minimum Gasteiger partial charge on any atom is -0.480 e. The van der Waals surface area contributed by atoms with Gasteiger partial charge >= 0.3 is 6.61 Å². The highest BCUT2D eigenvalue weighted by molar-refractivity contribution is 6.34. The first-order valence-corrected chi connectivity index (χ1v) is 13.1. The predicted molar refractivity (Wildman–Crippen MR) is 139 cm³/mol. The lowest BCUT2D eigenvalue weighted by atomic mass is 9.84. The number of amides is 1. The van der Waals surface area contributed by atoms with Crippen molar-refractivity contribution in [3.05, 3.63) is 81.9 Å². The lowest BCUT2D eigenvalue weighted by Crippen LogP contribution is -2.46. The lowest BCUT2D eigenvalue weighted by Gasteiger charge is -2.33. The van der Waals surface area contributed by atoms with E-state index in [1.165, 1.54) is 6.42 Å². The minimum atomic E-state index is -3.33. The molecule has 0 aromatic heterocycles. The van der Waals surface area contributed by atoms with Crippen LogP contribution in [0.25, 0.3) is 11.1 Å². The second kappa shape index (κ2) is 11.1. The number of carbonyl (C=O) groups is 1. The molecule has 1 fully saturated rings. The van der Waals surface area contributed by atoms with Crippen molar-refractivity contribution in [3.63, 3.8) is 0 Å². The predicted octanol–water partition coefficient (Wildman–Crippen LogP) is 6.74. The quantitative estimate of drug-likeness (QED) is 0.298. The molecule has 5 rings (SSSR count). The number of primary amides is 1. The van der Waals surface area contributed by atoms with Crippen molar-refractivity contribution < 1.29 is 31.8 Å². The molecule has 0 bridgehead atoms. The van der Waals surface area contributed by atoms with Crippen LogP contribution in [0.2, 0.25) is 5.02 Å². The largest absolute Gasteiger partial charge is 0.480 e. The summed E-state index contributed by atoms with van der Waals surface area (Å²) in [6, 6.07) is 12.7. The van der Waals surface area contributed by atoms with E-state index in [1.54, 1.807) is 0 Å². The number of hydrogen-bond acceptors (Lipinski definition) is 4. The highest BCUT2D eigenvalue weighted by Gasteiger charge is 2.44. The third-order valence-electron chi connectivity index (χ3n) is 7.47. The Balaban J connectivity index is 1.65. The van der Waals surface area contributed by atoms with Crippen molar-refractivity contribution in [1.29, 1.82) is 0 Å². The molecule has 206 valence electrons. The molecule has 3 aromatic carbocycles. The summed E-state index contributed by atoms with van der Waals surface area (Å²) in [5.41, 5.74) is 4.56. The number of fused-ring (bicyclic) bond motifs is 1. The number of benzene rings is 3. The van der Waals surface area contributed by atoms with Gasteiger partial charge in [-0.2, -0.15) is 8.78 Å². The molecular weight excluding hydrogens is 536 g/mol. The van der Waals surface area contributed by atoms with Gasteiger partial charge in [-0.15, -0.1) is 0 Å². The zero-order chi connectivity index (χ0) is 27.7. The second-order valence-corrected chi connectivity index (χ2v) is 10.3. The smallest absolute Gasteiger partial charge is 0.387 e. The van der Waals surface area contributed by atoms with Crippen LogP contribution in [0.4, 0.5) is 17.6 Å². The van der Waals surface area contributed by atoms with Crippen LogP contribution in [0.15, 0.2) is 48.5 Å². The molecule has 1 heterocycles. The van der Waals surface area contributed by atoms with Crippen LogP contribution in [0.3, 0.4) is 0 Å². The Morgan fingerprint density at radius 2 is 1.82 bits per heavy atom. The van der Waals surface area contributed by atoms with Crippen LogP contribution in [0.1, 0.15) is 53.6 Å². The molecule has 2 aliphatic rings. The summed E-state index contributed by atoms with van der Waals surface area (Å²) in [6.07, 6.45) is 5.61. The molecule has 10 heteroatoms. The summed E-state index contributed by atoms with van der Waals surface area (Å²) in [5, 5.41) is 3.11. The molecular formula is C29H27ClF4N2O3. The molecule has 0 radical (unpaired) electrons. The molecule has 1 atom stereocenters. The van der Waals surface area contributed by atoms with Crippen molar-refractivity contribution in [3.8, 4) is 22.6 Å². The van der Waals surface area contributed by atoms with Gasteiger partial charge in [-0.3, -0.25) is 4.79 Å². The van der Waals surface area contributed by atoms with Crippen LogP contribution in [-0.2, 0) is 12.0 Å². The van der Waals surface area contributed by atoms with Gasteiger partial charge in [0, 0.05) is 41.8 Å². The first-order chi connectivity index (χ1) is 18.7. The van der Waals surface area contributed by atoms with Crippen molar-refractivity contribution >= 4 is 17.5 Å². The summed E-state index contributed by atoms with van der Waals surface area (Å²) < 4.78 is 67.7. The van der Waals surface area contributed by atoms with Gasteiger partial charge in [0.25, 0.3) is 0 Å². The Kier molecular flexibility index (Phi) is 7.73. The standard InChI is InChI=1S/C29H27ClF4N2O3/c30-25-20(31)13-22-19(23(25)24-18(27(35)37)11-12-21(26(24)32)38-28(33)34)14-29(39-22,16-7-3-1-4-8-16)15-36-17-9-5-2-6-10-17/h1,3-4,7-8,11-13,17,28,36H,2,5-6,9-10,14-15H2,(H2,35,37)/t29-/m1/s1. The number of carbonyl (C=O) groups excluding carboxylic acids is 1. The Hall–Kier alpha value is -3.30. The van der Waals surface area contributed by atoms with Crippen molar-refractivity contribution in [1.82, 2.24) is 5.32 Å². The Bertz CT molecular complexity index is 1380. The fraction of sp³-hybridized carbons (Fsp3) is 0.345. The summed E-state index contributed by atoms with van der Waals surface area (Å²) in [4.78, 5) is 12.3. The monoisotopic (exact) mass is 562 g/mol. The molecule has 0 unspecified atom stereocenters. The SMILES string of the molecule is NC(=O)c1ccc(OC(F)F)c(F)c1-c1c(Cl)c(F)cc2c1C[C@@](CNC1CCCCC1)(c1ccccc1)O2. The number of rotatable bonds is 8. The van der Waals surface area contributed by atoms with E-state index in [4.69, 9.17) is 22.1 Å². The maximum Gasteiger partial charge on any atom is 0.387 e. The average Bonchev–Trinajstić information content (AvgIpc) is 3.29. The zero-order valence-corrected chi connectivity index (χ0v) is 21.7. The van der Waals surface area contributed by atoms with Gasteiger partial charge in [0.15, 0.2) is 17.2 Å². The average molecular weight is 563 g/mol. The summed E-state index contributed by atoms with van der Waals surface area (Å²) in [7, 11) is 0. The van der Waals surface area contributed by atoms with Crippen LogP contribution in [0.5, 0.6) is 11.5 Å². The Morgan fingerprint density at radius 3 is 2.49 bits per heavy atom. The van der Waals surface area contributed by atoms with E-state index in [1.807, 2.05) is 30.3 Å². The van der Waals surface area contributed by atoms with Gasteiger partial charge in [0.1, 0.15) is 11.6 Å². The van der Waals surface area contributed by atoms with Crippen molar-refractivity contribution in [2.24, 2.45) is 5.73 Å². The molecule has 1 aliphatic heterocycles. The maximum atomic E-state index is 15.7. The van der Waals surface area contributed by atoms with Crippen LogP contribution in [0, 0.1) is 11.6 Å². The highest BCUT2D eigenvalue weighted by atomic mass is 35.5. The molecule has 3 N–H and O–H groups in total. The van der Waals surface area contributed by atoms with Crippen molar-refractivity contribution in [2.75, 3.05) is 6.54 Å². The normalized spacial score (nSPS) is 19.1. The molecule has 1 saturated carbocycles.